The maximum Gasteiger partial charge on any atom is 0.337 e. The second kappa shape index (κ2) is 10.1. The summed E-state index contributed by atoms with van der Waals surface area (Å²) in [6, 6.07) is 13.7. The van der Waals surface area contributed by atoms with E-state index < -0.39 is 5.97 Å². The zero-order chi connectivity index (χ0) is 20.5. The minimum absolute atomic E-state index is 0.0858. The van der Waals surface area contributed by atoms with Gasteiger partial charge in [0.1, 0.15) is 5.75 Å². The Morgan fingerprint density at radius 2 is 1.82 bits per heavy atom. The van der Waals surface area contributed by atoms with E-state index in [2.05, 4.69) is 5.32 Å². The molecule has 0 radical (unpaired) electrons. The normalized spacial score (nSPS) is 10.1. The maximum atomic E-state index is 12.4. The number of anilines is 2. The lowest BCUT2D eigenvalue weighted by Crippen LogP contribution is -2.32. The third kappa shape index (κ3) is 5.57. The van der Waals surface area contributed by atoms with E-state index in [1.54, 1.807) is 42.5 Å². The summed E-state index contributed by atoms with van der Waals surface area (Å²) in [5.74, 6) is -0.379. The lowest BCUT2D eigenvalue weighted by atomic mass is 10.1. The first-order chi connectivity index (χ1) is 13.5. The molecule has 148 valence electrons. The molecule has 0 atom stereocenters. The Kier molecular flexibility index (Phi) is 7.56. The number of rotatable bonds is 8. The smallest absolute Gasteiger partial charge is 0.337 e. The lowest BCUT2D eigenvalue weighted by molar-refractivity contribution is -0.117. The van der Waals surface area contributed by atoms with E-state index in [4.69, 9.17) is 9.47 Å². The standard InChI is InChI=1S/C21H24N2O5/c1-4-28-19-11-6-5-10-18(19)22-20(25)12-13-23(15(2)24)17-9-7-8-16(14-17)21(26)27-3/h5-11,14H,4,12-13H2,1-3H3,(H,22,25). The second-order valence-electron chi connectivity index (χ2n) is 5.94. The summed E-state index contributed by atoms with van der Waals surface area (Å²) >= 11 is 0. The molecular formula is C21H24N2O5. The summed E-state index contributed by atoms with van der Waals surface area (Å²) in [5.41, 5.74) is 1.44. The van der Waals surface area contributed by atoms with Crippen LogP contribution in [-0.4, -0.2) is 38.0 Å². The first kappa shape index (κ1) is 21.0. The van der Waals surface area contributed by atoms with Crippen LogP contribution in [0, 0.1) is 0 Å². The number of para-hydroxylation sites is 2. The Morgan fingerprint density at radius 3 is 2.50 bits per heavy atom. The zero-order valence-electron chi connectivity index (χ0n) is 16.2. The Labute approximate surface area is 164 Å². The number of amides is 2. The summed E-state index contributed by atoms with van der Waals surface area (Å²) in [5, 5.41) is 2.80. The first-order valence-corrected chi connectivity index (χ1v) is 8.94. The highest BCUT2D eigenvalue weighted by Gasteiger charge is 2.16. The quantitative estimate of drug-likeness (QED) is 0.706. The molecule has 0 aliphatic rings. The minimum atomic E-state index is -0.490. The molecule has 0 heterocycles. The van der Waals surface area contributed by atoms with Crippen LogP contribution in [0.5, 0.6) is 5.75 Å². The van der Waals surface area contributed by atoms with Gasteiger partial charge in [-0.3, -0.25) is 9.59 Å². The predicted molar refractivity (Wildman–Crippen MR) is 107 cm³/mol. The second-order valence-corrected chi connectivity index (χ2v) is 5.94. The van der Waals surface area contributed by atoms with Crippen LogP contribution >= 0.6 is 0 Å². The van der Waals surface area contributed by atoms with Crippen LogP contribution in [0.1, 0.15) is 30.6 Å². The topological polar surface area (TPSA) is 84.9 Å². The van der Waals surface area contributed by atoms with Gasteiger partial charge in [-0.15, -0.1) is 0 Å². The van der Waals surface area contributed by atoms with Crippen molar-refractivity contribution in [1.29, 1.82) is 0 Å². The Hall–Kier alpha value is -3.35. The van der Waals surface area contributed by atoms with Gasteiger partial charge >= 0.3 is 5.97 Å². The Bertz CT molecular complexity index is 850. The van der Waals surface area contributed by atoms with Crippen molar-refractivity contribution < 1.29 is 23.9 Å². The average Bonchev–Trinajstić information content (AvgIpc) is 2.69. The number of hydrogen-bond acceptors (Lipinski definition) is 5. The van der Waals surface area contributed by atoms with Gasteiger partial charge in [0.2, 0.25) is 11.8 Å². The highest BCUT2D eigenvalue weighted by atomic mass is 16.5. The van der Waals surface area contributed by atoms with Gasteiger partial charge in [0.05, 0.1) is 25.0 Å². The van der Waals surface area contributed by atoms with Crippen LogP contribution in [0.4, 0.5) is 11.4 Å². The number of carbonyl (C=O) groups excluding carboxylic acids is 3. The minimum Gasteiger partial charge on any atom is -0.492 e. The molecule has 0 fully saturated rings. The molecule has 0 aromatic heterocycles. The molecular weight excluding hydrogens is 360 g/mol. The largest absolute Gasteiger partial charge is 0.492 e. The number of hydrogen-bond donors (Lipinski definition) is 1. The van der Waals surface area contributed by atoms with Crippen molar-refractivity contribution in [3.63, 3.8) is 0 Å². The van der Waals surface area contributed by atoms with Crippen molar-refractivity contribution in [2.24, 2.45) is 0 Å². The molecule has 0 saturated heterocycles. The molecule has 2 amide bonds. The van der Waals surface area contributed by atoms with Crippen LogP contribution in [0.25, 0.3) is 0 Å². The van der Waals surface area contributed by atoms with E-state index in [1.807, 2.05) is 13.0 Å². The average molecular weight is 384 g/mol. The van der Waals surface area contributed by atoms with Gasteiger partial charge < -0.3 is 19.7 Å². The van der Waals surface area contributed by atoms with Crippen LogP contribution in [0.2, 0.25) is 0 Å². The predicted octanol–water partition coefficient (Wildman–Crippen LogP) is 3.25. The van der Waals surface area contributed by atoms with E-state index in [9.17, 15) is 14.4 Å². The first-order valence-electron chi connectivity index (χ1n) is 8.94. The van der Waals surface area contributed by atoms with E-state index in [0.717, 1.165) is 0 Å². The summed E-state index contributed by atoms with van der Waals surface area (Å²) in [7, 11) is 1.29. The Morgan fingerprint density at radius 1 is 1.07 bits per heavy atom. The van der Waals surface area contributed by atoms with E-state index in [1.165, 1.54) is 18.9 Å². The number of nitrogens with zero attached hydrogens (tertiary/aromatic N) is 1. The molecule has 7 nitrogen and oxygen atoms in total. The molecule has 0 bridgehead atoms. The highest BCUT2D eigenvalue weighted by molar-refractivity contribution is 5.97. The summed E-state index contributed by atoms with van der Waals surface area (Å²) in [4.78, 5) is 37.6. The maximum absolute atomic E-state index is 12.4. The molecule has 2 rings (SSSR count). The zero-order valence-corrected chi connectivity index (χ0v) is 16.2. The molecule has 2 aromatic carbocycles. The van der Waals surface area contributed by atoms with Crippen LogP contribution < -0.4 is 15.0 Å². The molecule has 28 heavy (non-hydrogen) atoms. The third-order valence-corrected chi connectivity index (χ3v) is 3.98. The van der Waals surface area contributed by atoms with Gasteiger partial charge in [0.25, 0.3) is 0 Å². The molecule has 0 saturated carbocycles. The van der Waals surface area contributed by atoms with Crippen molar-refractivity contribution in [2.45, 2.75) is 20.3 Å². The van der Waals surface area contributed by atoms with Crippen molar-refractivity contribution in [3.05, 3.63) is 54.1 Å². The number of benzene rings is 2. The van der Waals surface area contributed by atoms with Gasteiger partial charge in [0.15, 0.2) is 0 Å². The summed E-state index contributed by atoms with van der Waals surface area (Å²) in [6.45, 7) is 3.93. The monoisotopic (exact) mass is 384 g/mol. The number of nitrogens with one attached hydrogen (secondary N) is 1. The molecule has 0 spiro atoms. The van der Waals surface area contributed by atoms with Crippen molar-refractivity contribution >= 4 is 29.2 Å². The van der Waals surface area contributed by atoms with Crippen molar-refractivity contribution in [1.82, 2.24) is 0 Å². The fourth-order valence-electron chi connectivity index (χ4n) is 2.66. The molecule has 0 aliphatic heterocycles. The highest BCUT2D eigenvalue weighted by Crippen LogP contribution is 2.24. The molecule has 0 aliphatic carbocycles. The molecule has 1 N–H and O–H groups in total. The van der Waals surface area contributed by atoms with Crippen LogP contribution in [0.15, 0.2) is 48.5 Å². The van der Waals surface area contributed by atoms with E-state index >= 15 is 0 Å². The molecule has 2 aromatic rings. The van der Waals surface area contributed by atoms with Crippen LogP contribution in [-0.2, 0) is 14.3 Å². The van der Waals surface area contributed by atoms with Gasteiger partial charge in [0, 0.05) is 25.6 Å². The number of esters is 1. The summed E-state index contributed by atoms with van der Waals surface area (Å²) < 4.78 is 10.2. The molecule has 0 unspecified atom stereocenters. The SMILES string of the molecule is CCOc1ccccc1NC(=O)CCN(C(C)=O)c1cccc(C(=O)OC)c1. The van der Waals surface area contributed by atoms with Gasteiger partial charge in [-0.1, -0.05) is 18.2 Å². The summed E-state index contributed by atoms with van der Waals surface area (Å²) in [6.07, 6.45) is 0.0858. The van der Waals surface area contributed by atoms with Gasteiger partial charge in [-0.2, -0.15) is 0 Å². The number of methoxy groups -OCH3 is 1. The number of carbonyl (C=O) groups is 3. The van der Waals surface area contributed by atoms with E-state index in [0.29, 0.717) is 29.3 Å². The van der Waals surface area contributed by atoms with Crippen molar-refractivity contribution in [3.8, 4) is 5.75 Å². The fourth-order valence-corrected chi connectivity index (χ4v) is 2.66. The van der Waals surface area contributed by atoms with Crippen molar-refractivity contribution in [2.75, 3.05) is 30.5 Å². The van der Waals surface area contributed by atoms with E-state index in [-0.39, 0.29) is 24.8 Å². The molecule has 7 heteroatoms. The lowest BCUT2D eigenvalue weighted by Gasteiger charge is -2.21. The Balaban J connectivity index is 2.07. The van der Waals surface area contributed by atoms with Crippen LogP contribution in [0.3, 0.4) is 0 Å². The van der Waals surface area contributed by atoms with Gasteiger partial charge in [-0.25, -0.2) is 4.79 Å². The fraction of sp³-hybridized carbons (Fsp3) is 0.286. The van der Waals surface area contributed by atoms with Gasteiger partial charge in [-0.05, 0) is 37.3 Å². The third-order valence-electron chi connectivity index (χ3n) is 3.98. The number of ether oxygens (including phenoxy) is 2.